The third-order valence-corrected chi connectivity index (χ3v) is 11.2. The summed E-state index contributed by atoms with van der Waals surface area (Å²) in [5.41, 5.74) is 4.50. The first-order valence-electron chi connectivity index (χ1n) is 16.7. The number of halogens is 2. The molecule has 8 rings (SSSR count). The van der Waals surface area contributed by atoms with Crippen LogP contribution in [-0.4, -0.2) is 67.3 Å². The van der Waals surface area contributed by atoms with Gasteiger partial charge in [0, 0.05) is 62.0 Å². The number of nitrogens with one attached hydrogen (secondary N) is 3. The lowest BCUT2D eigenvalue weighted by Crippen LogP contribution is -2.46. The van der Waals surface area contributed by atoms with E-state index in [9.17, 15) is 14.4 Å². The predicted octanol–water partition coefficient (Wildman–Crippen LogP) is 4.87. The van der Waals surface area contributed by atoms with Gasteiger partial charge in [-0.15, -0.1) is 0 Å². The van der Waals surface area contributed by atoms with E-state index in [0.717, 1.165) is 53.6 Å². The molecule has 2 aromatic carbocycles. The summed E-state index contributed by atoms with van der Waals surface area (Å²) in [4.78, 5) is 54.0. The summed E-state index contributed by atoms with van der Waals surface area (Å²) < 4.78 is 8.25. The minimum absolute atomic E-state index is 0.105. The number of carbonyl (C=O) groups is 1. The molecule has 1 aliphatic carbocycles. The second kappa shape index (κ2) is 12.4. The maximum Gasteiger partial charge on any atom is 0.332 e. The Kier molecular flexibility index (Phi) is 8.04. The molecule has 5 heterocycles. The molecule has 15 heteroatoms. The standard InChI is InChI=1S/C36H35Cl2N9O4/c1-18-40-30(27-31(41-18)45(2)35(50)46(3)33(27)48)42-23-10-6-8-21(29(23)38)20-7-5-9-22(28(20)37)24-15-19-11-12-25(26(19)32(43-24)51-4)47-14-13-36(17-47)16-39-34(49)44-36/h5-10,15,25H,11-14,16-17H2,1-4H3,(H2,39,44,49)(H,40,41,42)/t25-,36-/m0/s1. The van der Waals surface area contributed by atoms with Crippen LogP contribution >= 0.6 is 23.2 Å². The van der Waals surface area contributed by atoms with Crippen LogP contribution < -0.4 is 31.9 Å². The van der Waals surface area contributed by atoms with E-state index >= 15 is 0 Å². The lowest BCUT2D eigenvalue weighted by atomic mass is 9.99. The summed E-state index contributed by atoms with van der Waals surface area (Å²) in [6.45, 7) is 3.97. The number of rotatable bonds is 6. The van der Waals surface area contributed by atoms with E-state index in [-0.39, 0.29) is 34.5 Å². The van der Waals surface area contributed by atoms with Gasteiger partial charge in [0.1, 0.15) is 17.0 Å². The van der Waals surface area contributed by atoms with Crippen molar-refractivity contribution in [3.05, 3.63) is 90.3 Å². The van der Waals surface area contributed by atoms with Crippen molar-refractivity contribution >= 4 is 51.8 Å². The number of methoxy groups -OCH3 is 1. The molecule has 1 spiro atoms. The number of carbonyl (C=O) groups excluding carboxylic acids is 1. The number of pyridine rings is 1. The summed E-state index contributed by atoms with van der Waals surface area (Å²) in [7, 11) is 4.62. The first-order valence-corrected chi connectivity index (χ1v) is 17.4. The number of urea groups is 1. The normalized spacial score (nSPS) is 19.8. The van der Waals surface area contributed by atoms with E-state index < -0.39 is 11.2 Å². The van der Waals surface area contributed by atoms with Crippen LogP contribution in [-0.2, 0) is 20.5 Å². The lowest BCUT2D eigenvalue weighted by molar-refractivity contribution is 0.219. The van der Waals surface area contributed by atoms with Gasteiger partial charge in [0.25, 0.3) is 5.56 Å². The molecule has 3 aliphatic rings. The Morgan fingerprint density at radius 1 is 0.980 bits per heavy atom. The average molecular weight is 729 g/mol. The Morgan fingerprint density at radius 2 is 1.73 bits per heavy atom. The summed E-state index contributed by atoms with van der Waals surface area (Å²) in [5.74, 6) is 1.18. The number of fused-ring (bicyclic) bond motifs is 2. The van der Waals surface area contributed by atoms with Crippen LogP contribution in [0.25, 0.3) is 33.4 Å². The number of hydrogen-bond acceptors (Lipinski definition) is 9. The van der Waals surface area contributed by atoms with Crippen molar-refractivity contribution < 1.29 is 9.53 Å². The van der Waals surface area contributed by atoms with Crippen LogP contribution in [0.4, 0.5) is 16.3 Å². The molecule has 0 bridgehead atoms. The maximum atomic E-state index is 13.2. The highest BCUT2D eigenvalue weighted by Gasteiger charge is 2.46. The number of amides is 2. The van der Waals surface area contributed by atoms with E-state index in [0.29, 0.717) is 50.8 Å². The van der Waals surface area contributed by atoms with E-state index in [1.807, 2.05) is 30.3 Å². The Labute approximate surface area is 302 Å². The SMILES string of the molecule is COc1nc(-c2cccc(-c3cccc(Nc4nc(C)nc5c4c(=O)n(C)c(=O)n5C)c3Cl)c2Cl)cc2c1[C@@H](N1CC[C@]3(CNC(=O)N3)C1)CC2. The molecule has 3 N–H and O–H groups in total. The molecular weight excluding hydrogens is 693 g/mol. The summed E-state index contributed by atoms with van der Waals surface area (Å²) in [6.07, 6.45) is 2.69. The van der Waals surface area contributed by atoms with Gasteiger partial charge in [-0.2, -0.15) is 0 Å². The second-order valence-corrected chi connectivity index (χ2v) is 14.2. The van der Waals surface area contributed by atoms with Gasteiger partial charge in [-0.05, 0) is 43.9 Å². The van der Waals surface area contributed by atoms with Crippen molar-refractivity contribution in [1.29, 1.82) is 0 Å². The zero-order valence-corrected chi connectivity index (χ0v) is 29.9. The molecule has 3 aromatic heterocycles. The van der Waals surface area contributed by atoms with Crippen molar-refractivity contribution in [2.45, 2.75) is 37.8 Å². The maximum absolute atomic E-state index is 13.2. The van der Waals surface area contributed by atoms with Crippen molar-refractivity contribution in [2.24, 2.45) is 14.1 Å². The Morgan fingerprint density at radius 3 is 2.47 bits per heavy atom. The van der Waals surface area contributed by atoms with Gasteiger partial charge in [0.05, 0.1) is 34.1 Å². The molecule has 0 unspecified atom stereocenters. The average Bonchev–Trinajstić information content (AvgIpc) is 3.84. The van der Waals surface area contributed by atoms with Crippen LogP contribution in [0.3, 0.4) is 0 Å². The van der Waals surface area contributed by atoms with Gasteiger partial charge in [0.15, 0.2) is 5.65 Å². The Hall–Kier alpha value is -4.98. The molecule has 2 fully saturated rings. The number of benzene rings is 2. The van der Waals surface area contributed by atoms with Crippen LogP contribution in [0.15, 0.2) is 52.1 Å². The molecule has 51 heavy (non-hydrogen) atoms. The fourth-order valence-electron chi connectivity index (χ4n) is 7.80. The first-order chi connectivity index (χ1) is 24.5. The minimum Gasteiger partial charge on any atom is -0.481 e. The van der Waals surface area contributed by atoms with Crippen molar-refractivity contribution in [2.75, 3.05) is 32.1 Å². The highest BCUT2D eigenvalue weighted by molar-refractivity contribution is 6.39. The molecule has 2 aliphatic heterocycles. The van der Waals surface area contributed by atoms with E-state index in [4.69, 9.17) is 32.9 Å². The van der Waals surface area contributed by atoms with Gasteiger partial charge in [-0.25, -0.2) is 24.5 Å². The molecule has 0 saturated carbocycles. The number of nitrogens with zero attached hydrogens (tertiary/aromatic N) is 6. The van der Waals surface area contributed by atoms with Gasteiger partial charge in [0.2, 0.25) is 5.88 Å². The lowest BCUT2D eigenvalue weighted by Gasteiger charge is -2.28. The third-order valence-electron chi connectivity index (χ3n) is 10.3. The topological polar surface area (TPSA) is 148 Å². The molecule has 0 radical (unpaired) electrons. The molecule has 13 nitrogen and oxygen atoms in total. The van der Waals surface area contributed by atoms with Gasteiger partial charge in [-0.1, -0.05) is 53.5 Å². The van der Waals surface area contributed by atoms with Crippen molar-refractivity contribution in [3.63, 3.8) is 0 Å². The molecular formula is C36H35Cl2N9O4. The van der Waals surface area contributed by atoms with Gasteiger partial charge in [-0.3, -0.25) is 18.8 Å². The van der Waals surface area contributed by atoms with E-state index in [1.54, 1.807) is 27.1 Å². The van der Waals surface area contributed by atoms with Crippen LogP contribution in [0.5, 0.6) is 5.88 Å². The summed E-state index contributed by atoms with van der Waals surface area (Å²) >= 11 is 14.3. The number of hydrogen-bond donors (Lipinski definition) is 3. The number of aromatic nitrogens is 5. The first kappa shape index (κ1) is 33.2. The number of likely N-dealkylation sites (tertiary alicyclic amines) is 1. The van der Waals surface area contributed by atoms with E-state index in [1.165, 1.54) is 11.6 Å². The molecule has 262 valence electrons. The number of anilines is 2. The third kappa shape index (κ3) is 5.42. The highest BCUT2D eigenvalue weighted by Crippen LogP contribution is 2.47. The molecule has 2 atom stereocenters. The Balaban J connectivity index is 1.14. The minimum atomic E-state index is -0.522. The monoisotopic (exact) mass is 727 g/mol. The smallest absolute Gasteiger partial charge is 0.332 e. The molecule has 2 saturated heterocycles. The molecule has 2 amide bonds. The van der Waals surface area contributed by atoms with E-state index in [2.05, 4.69) is 36.9 Å². The van der Waals surface area contributed by atoms with Crippen molar-refractivity contribution in [1.82, 2.24) is 39.6 Å². The highest BCUT2D eigenvalue weighted by atomic mass is 35.5. The zero-order chi connectivity index (χ0) is 35.8. The fourth-order valence-corrected chi connectivity index (χ4v) is 8.40. The van der Waals surface area contributed by atoms with Gasteiger partial charge < -0.3 is 20.7 Å². The largest absolute Gasteiger partial charge is 0.481 e. The Bertz CT molecular complexity index is 2410. The second-order valence-electron chi connectivity index (χ2n) is 13.4. The summed E-state index contributed by atoms with van der Waals surface area (Å²) in [5, 5.41) is 10.3. The zero-order valence-electron chi connectivity index (χ0n) is 28.4. The van der Waals surface area contributed by atoms with Crippen LogP contribution in [0.1, 0.15) is 35.8 Å². The van der Waals surface area contributed by atoms with Crippen molar-refractivity contribution in [3.8, 4) is 28.3 Å². The van der Waals surface area contributed by atoms with Gasteiger partial charge >= 0.3 is 11.7 Å². The summed E-state index contributed by atoms with van der Waals surface area (Å²) in [6, 6.07) is 13.4. The predicted molar refractivity (Wildman–Crippen MR) is 196 cm³/mol. The van der Waals surface area contributed by atoms with Crippen LogP contribution in [0, 0.1) is 6.92 Å². The van der Waals surface area contributed by atoms with Crippen LogP contribution in [0.2, 0.25) is 10.0 Å². The molecule has 5 aromatic rings. The number of aryl methyl sites for hydroxylation is 3. The quantitative estimate of drug-likeness (QED) is 0.223. The fraction of sp³-hybridized carbons (Fsp3) is 0.333. The number of ether oxygens (including phenoxy) is 1.